The van der Waals surface area contributed by atoms with Crippen molar-refractivity contribution in [3.05, 3.63) is 86.5 Å². The second kappa shape index (κ2) is 39.1. The van der Waals surface area contributed by atoms with Crippen LogP contribution in [-0.4, -0.2) is 5.97 Å². The summed E-state index contributed by atoms with van der Waals surface area (Å²) >= 11 is 0. The van der Waals surface area contributed by atoms with Crippen LogP contribution < -0.4 is 5.11 Å². The van der Waals surface area contributed by atoms with Crippen molar-refractivity contribution in [2.45, 2.75) is 315 Å². The van der Waals surface area contributed by atoms with Crippen molar-refractivity contribution in [3.63, 3.8) is 0 Å². The molecule has 0 saturated heterocycles. The van der Waals surface area contributed by atoms with Gasteiger partial charge in [0.1, 0.15) is 10.9 Å². The van der Waals surface area contributed by atoms with Gasteiger partial charge in [-0.3, -0.25) is 0 Å². The van der Waals surface area contributed by atoms with Crippen molar-refractivity contribution < 1.29 is 9.90 Å². The van der Waals surface area contributed by atoms with Crippen LogP contribution in [0.4, 0.5) is 0 Å². The molecule has 0 aliphatic rings. The lowest BCUT2D eigenvalue weighted by atomic mass is 9.94. The molecule has 0 radical (unpaired) electrons. The molecule has 0 amide bonds. The van der Waals surface area contributed by atoms with Gasteiger partial charge in [0.15, 0.2) is 14.7 Å². The van der Waals surface area contributed by atoms with E-state index in [4.69, 9.17) is 9.90 Å². The van der Waals surface area contributed by atoms with Crippen LogP contribution in [0, 0.1) is 0 Å². The number of benzene rings is 3. The van der Waals surface area contributed by atoms with Crippen molar-refractivity contribution >= 4 is 16.9 Å². The van der Waals surface area contributed by atoms with Gasteiger partial charge in [0.25, 0.3) is 0 Å². The first kappa shape index (κ1) is 61.6. The molecule has 3 rings (SSSR count). The van der Waals surface area contributed by atoms with E-state index >= 15 is 0 Å². The van der Waals surface area contributed by atoms with Gasteiger partial charge in [0, 0.05) is 39.4 Å². The van der Waals surface area contributed by atoms with E-state index in [1.54, 1.807) is 64.8 Å². The Morgan fingerprint density at radius 2 is 0.456 bits per heavy atom. The number of rotatable bonds is 39. The summed E-state index contributed by atoms with van der Waals surface area (Å²) in [7, 11) is -0.163. The third-order valence-electron chi connectivity index (χ3n) is 14.0. The Kier molecular flexibility index (Phi) is 35.5. The largest absolute Gasteiger partial charge is 0.550 e. The summed E-state index contributed by atoms with van der Waals surface area (Å²) in [4.78, 5) is 14.3. The molecule has 0 aromatic heterocycles. The van der Waals surface area contributed by atoms with Gasteiger partial charge in [-0.1, -0.05) is 214 Å². The molecular weight excluding hydrogens is 845 g/mol. The number of carboxylic acids is 1. The summed E-state index contributed by atoms with van der Waals surface area (Å²) in [6, 6.07) is 16.8. The summed E-state index contributed by atoms with van der Waals surface area (Å²) in [5, 5.41) is 8.89. The van der Waals surface area contributed by atoms with Crippen LogP contribution in [0.3, 0.4) is 0 Å². The van der Waals surface area contributed by atoms with E-state index in [0.717, 1.165) is 6.92 Å². The molecule has 0 spiro atoms. The van der Waals surface area contributed by atoms with Crippen LogP contribution in [0.2, 0.25) is 0 Å². The smallest absolute Gasteiger partial charge is 0.172 e. The number of hydrogen-bond acceptors (Lipinski definition) is 2. The van der Waals surface area contributed by atoms with E-state index in [-0.39, 0.29) is 10.9 Å². The highest BCUT2D eigenvalue weighted by atomic mass is 32.2. The molecule has 0 saturated carbocycles. The fourth-order valence-corrected chi connectivity index (χ4v) is 13.4. The highest BCUT2D eigenvalue weighted by Crippen LogP contribution is 2.46. The van der Waals surface area contributed by atoms with Crippen LogP contribution in [0.5, 0.6) is 0 Å². The van der Waals surface area contributed by atoms with Gasteiger partial charge in [0.2, 0.25) is 0 Å². The molecule has 3 aromatic rings. The van der Waals surface area contributed by atoms with E-state index in [9.17, 15) is 0 Å². The van der Waals surface area contributed by atoms with Gasteiger partial charge in [-0.25, -0.2) is 0 Å². The Hall–Kier alpha value is -2.52. The Morgan fingerprint density at radius 1 is 0.309 bits per heavy atom. The molecule has 0 N–H and O–H groups in total. The van der Waals surface area contributed by atoms with E-state index in [2.05, 4.69) is 98.7 Å². The Balaban J connectivity index is 0.00000381. The number of carbonyl (C=O) groups excluding carboxylic acids is 1. The summed E-state index contributed by atoms with van der Waals surface area (Å²) in [6.45, 7) is 22.5. The monoisotopic (exact) mass is 953 g/mol. The molecule has 3 heteroatoms. The van der Waals surface area contributed by atoms with Gasteiger partial charge in [0.05, 0.1) is 0 Å². The normalized spacial score (nSPS) is 11.4. The first-order valence-electron chi connectivity index (χ1n) is 29.5. The van der Waals surface area contributed by atoms with E-state index in [1.807, 2.05) is 0 Å². The number of aryl methyl sites for hydroxylation is 9. The number of aliphatic carboxylic acids is 1. The van der Waals surface area contributed by atoms with Crippen LogP contribution in [-0.2, 0) is 73.5 Å². The molecule has 3 aromatic carbocycles. The van der Waals surface area contributed by atoms with Crippen LogP contribution in [0.25, 0.3) is 0 Å². The maximum atomic E-state index is 8.89. The molecule has 0 aliphatic carbocycles. The first-order chi connectivity index (χ1) is 33.2. The van der Waals surface area contributed by atoms with Crippen molar-refractivity contribution in [1.29, 1.82) is 0 Å². The molecule has 386 valence electrons. The van der Waals surface area contributed by atoms with E-state index in [0.29, 0.717) is 0 Å². The van der Waals surface area contributed by atoms with E-state index in [1.165, 1.54) is 231 Å². The van der Waals surface area contributed by atoms with Crippen molar-refractivity contribution in [2.75, 3.05) is 0 Å². The zero-order chi connectivity index (χ0) is 49.8. The summed E-state index contributed by atoms with van der Waals surface area (Å²) in [6.07, 6.45) is 46.4. The van der Waals surface area contributed by atoms with Crippen LogP contribution in [0.15, 0.2) is 51.1 Å². The van der Waals surface area contributed by atoms with Crippen molar-refractivity contribution in [2.24, 2.45) is 0 Å². The van der Waals surface area contributed by atoms with Crippen molar-refractivity contribution in [1.82, 2.24) is 0 Å². The molecular formula is C65H108O2S. The van der Waals surface area contributed by atoms with Gasteiger partial charge < -0.3 is 9.90 Å². The lowest BCUT2D eigenvalue weighted by molar-refractivity contribution is -0.302. The zero-order valence-electron chi connectivity index (χ0n) is 46.6. The molecule has 0 heterocycles. The third kappa shape index (κ3) is 23.6. The van der Waals surface area contributed by atoms with Gasteiger partial charge in [-0.15, -0.1) is 0 Å². The van der Waals surface area contributed by atoms with Gasteiger partial charge >= 0.3 is 0 Å². The minimum atomic E-state index is -1.08. The predicted molar refractivity (Wildman–Crippen MR) is 301 cm³/mol. The fourth-order valence-electron chi connectivity index (χ4n) is 10.2. The van der Waals surface area contributed by atoms with E-state index < -0.39 is 5.97 Å². The molecule has 68 heavy (non-hydrogen) atoms. The number of carboxylic acid groups (broad SMARTS) is 1. The Bertz CT molecular complexity index is 1460. The van der Waals surface area contributed by atoms with Gasteiger partial charge in [-0.2, -0.15) is 0 Å². The summed E-state index contributed by atoms with van der Waals surface area (Å²) in [5.41, 5.74) is 15.3. The Morgan fingerprint density at radius 3 is 0.603 bits per heavy atom. The van der Waals surface area contributed by atoms with Gasteiger partial charge in [-0.05, 0) is 139 Å². The quantitative estimate of drug-likeness (QED) is 0.0422. The molecule has 0 bridgehead atoms. The average molecular weight is 954 g/mol. The molecule has 2 nitrogen and oxygen atoms in total. The maximum absolute atomic E-state index is 8.89. The second-order valence-corrected chi connectivity index (χ2v) is 22.5. The van der Waals surface area contributed by atoms with Crippen molar-refractivity contribution in [3.8, 4) is 0 Å². The maximum Gasteiger partial charge on any atom is 0.172 e. The van der Waals surface area contributed by atoms with Crippen LogP contribution >= 0.6 is 0 Å². The average Bonchev–Trinajstić information content (AvgIpc) is 3.31. The molecule has 0 aliphatic heterocycles. The highest BCUT2D eigenvalue weighted by Gasteiger charge is 2.41. The topological polar surface area (TPSA) is 40.1 Å². The summed E-state index contributed by atoms with van der Waals surface area (Å²) < 4.78 is 0. The summed E-state index contributed by atoms with van der Waals surface area (Å²) in [5.74, 6) is -1.08. The number of hydrogen-bond donors (Lipinski definition) is 0. The third-order valence-corrected chi connectivity index (χ3v) is 16.8. The predicted octanol–water partition coefficient (Wildman–Crippen LogP) is 19.1. The second-order valence-electron chi connectivity index (χ2n) is 20.6. The minimum absolute atomic E-state index is 0.163. The lowest BCUT2D eigenvalue weighted by Crippen LogP contribution is -2.20. The Labute approximate surface area is 426 Å². The highest BCUT2D eigenvalue weighted by molar-refractivity contribution is 7.97. The van der Waals surface area contributed by atoms with Crippen LogP contribution in [0.1, 0.15) is 293 Å². The number of unbranched alkanes of at least 4 members (excludes halogenated alkanes) is 18. The zero-order valence-corrected chi connectivity index (χ0v) is 47.5. The fraction of sp³-hybridized carbons (Fsp3) is 0.708. The first-order valence-corrected chi connectivity index (χ1v) is 30.8. The lowest BCUT2D eigenvalue weighted by Gasteiger charge is -2.25. The molecule has 0 unspecified atom stereocenters. The molecule has 0 atom stereocenters. The SMILES string of the molecule is CC(=O)[O-].CCCCCc1cc(CCCCC)c([S+](c2c(CCCCC)cc(CCCCC)cc2CCCCC)c2c(CCCCC)cc(CCCCC)cc2CCCCC)c(CCCCC)c1. The molecule has 0 fully saturated rings. The minimum Gasteiger partial charge on any atom is -0.550 e. The number of carbonyl (C=O) groups is 1. The standard InChI is InChI=1S/C63H105S.C2H4O2/c1-10-19-28-37-52-46-55(40-31-22-13-4)61(56(47-52)41-32-23-14-5)64(62-57(42-33-24-15-6)48-53(38-29-20-11-2)49-58(62)43-34-25-16-7)63-59(44-35-26-17-8)50-54(39-30-21-12-3)51-60(63)45-36-27-18-9;1-2(3)4/h46-51H,10-45H2,1-9H3;1H3,(H,3,4)/q+1;/p-1.